The standard InChI is InChI=1S/C10H8FN5O3.C10H10FN5O.C10H9FN2O4.C10H9FN2O3S.C3H9N3Si.CH3.Pd.H2/c1-10(2)9-12-13-14-15(9)7-4-5(16(17)18)3-6(11)8(7)19-10;1-10(2)9-13-14-15-16(9)7-4-5(12)3-6(11)8(7)17-10;1-10(2)9(14)12-7-4-5(13(15)16)3-6(11)8(7)17-10;1-10(2)9(17)12-7-4-5(13(14)15)3-6(11)8(7)16-10;1-7(2,3)6-5-4;;;/h3-4H,1-2H3;3-4H,12H2,1-2H3;3-4H,1-2H3,(H,12,14);3-4H,1-2H3,(H,12,17);1-3H3;1H3;;1H/q;;;;;-1;;. The van der Waals surface area contributed by atoms with Crippen LogP contribution in [0.15, 0.2) is 53.3 Å². The minimum absolute atomic E-state index is 0. The second-order valence-corrected chi connectivity index (χ2v) is 24.5. The molecule has 0 aliphatic carbocycles. The topological polar surface area (TPSA) is 369 Å². The number of amides is 1. The number of anilines is 3. The van der Waals surface area contributed by atoms with Crippen LogP contribution in [0.1, 0.15) is 68.5 Å². The quantitative estimate of drug-likeness (QED) is 0.0141. The van der Waals surface area contributed by atoms with Crippen molar-refractivity contribution in [2.24, 2.45) is 4.78 Å². The Kier molecular flexibility index (Phi) is 18.5. The summed E-state index contributed by atoms with van der Waals surface area (Å²) in [5.74, 6) is -2.83. The molecule has 4 aromatic carbocycles. The second-order valence-electron chi connectivity index (χ2n) is 19.6. The van der Waals surface area contributed by atoms with Crippen LogP contribution in [0.2, 0.25) is 19.6 Å². The number of nitrogens with two attached hydrogens (primary N) is 1. The van der Waals surface area contributed by atoms with Gasteiger partial charge in [-0.05, 0) is 92.8 Å². The molecule has 0 unspecified atom stereocenters. The number of nitrogens with zero attached hydrogens (tertiary/aromatic N) is 14. The van der Waals surface area contributed by atoms with Gasteiger partial charge in [-0.25, -0.2) is 17.6 Å². The number of hydrogen-bond donors (Lipinski definition) is 3. The van der Waals surface area contributed by atoms with Crippen LogP contribution in [0, 0.1) is 61.0 Å². The van der Waals surface area contributed by atoms with Gasteiger partial charge in [0, 0.05) is 51.8 Å². The molecule has 4 aliphatic rings. The molecule has 6 heterocycles. The van der Waals surface area contributed by atoms with Gasteiger partial charge in [-0.1, -0.05) is 31.9 Å². The van der Waals surface area contributed by atoms with Crippen molar-refractivity contribution >= 4 is 65.5 Å². The number of aromatic nitrogens is 8. The number of azide groups is 1. The Bertz CT molecular complexity index is 3380. The molecule has 0 fully saturated rings. The summed E-state index contributed by atoms with van der Waals surface area (Å²) in [6.45, 7) is 19.2. The number of hydrogen-bond acceptors (Lipinski definition) is 20. The second kappa shape index (κ2) is 23.2. The number of tetrazole rings is 2. The molecule has 1 amide bonds. The molecular formula is C44H50F4N17O11PdSSi-. The summed E-state index contributed by atoms with van der Waals surface area (Å²) in [6, 6.07) is 8.61. The van der Waals surface area contributed by atoms with Crippen molar-refractivity contribution in [2.45, 2.75) is 97.4 Å². The molecule has 0 atom stereocenters. The molecule has 79 heavy (non-hydrogen) atoms. The summed E-state index contributed by atoms with van der Waals surface area (Å²) in [6.07, 6.45) is 0. The largest absolute Gasteiger partial charge is 0.475 e. The van der Waals surface area contributed by atoms with Crippen molar-refractivity contribution in [3.63, 3.8) is 0 Å². The van der Waals surface area contributed by atoms with Gasteiger partial charge in [0.25, 0.3) is 23.0 Å². The fourth-order valence-electron chi connectivity index (χ4n) is 6.88. The van der Waals surface area contributed by atoms with Crippen molar-refractivity contribution in [1.29, 1.82) is 0 Å². The molecule has 6 aromatic rings. The number of non-ortho nitro benzene ring substituents is 3. The molecule has 28 nitrogen and oxygen atoms in total. The number of halogens is 4. The maximum Gasteiger partial charge on any atom is 0.274 e. The number of thiocarbonyl (C=S) groups is 1. The van der Waals surface area contributed by atoms with E-state index in [-0.39, 0.29) is 80.7 Å². The molecule has 0 radical (unpaired) electrons. The van der Waals surface area contributed by atoms with Crippen LogP contribution < -0.4 is 35.3 Å². The normalized spacial score (nSPS) is 15.2. The van der Waals surface area contributed by atoms with Gasteiger partial charge < -0.3 is 42.7 Å². The maximum atomic E-state index is 13.9. The molecule has 10 rings (SSSR count). The molecule has 0 saturated carbocycles. The maximum absolute atomic E-state index is 13.9. The van der Waals surface area contributed by atoms with Gasteiger partial charge in [0.15, 0.2) is 80.3 Å². The fraction of sp³-hybridized carbons (Fsp3) is 0.341. The van der Waals surface area contributed by atoms with Gasteiger partial charge in [-0.3, -0.25) is 35.1 Å². The first kappa shape index (κ1) is 63.0. The zero-order chi connectivity index (χ0) is 57.5. The zero-order valence-electron chi connectivity index (χ0n) is 43.7. The van der Waals surface area contributed by atoms with Crippen molar-refractivity contribution in [3.05, 3.63) is 132 Å². The van der Waals surface area contributed by atoms with Crippen LogP contribution in [0.5, 0.6) is 23.0 Å². The number of nitrogens with one attached hydrogen (secondary N) is 2. The number of carbonyl (C=O) groups is 1. The summed E-state index contributed by atoms with van der Waals surface area (Å²) in [5.41, 5.74) is 9.56. The number of nitrogen functional groups attached to an aromatic ring is 1. The van der Waals surface area contributed by atoms with Crippen LogP contribution in [0.25, 0.3) is 21.8 Å². The van der Waals surface area contributed by atoms with Crippen molar-refractivity contribution in [1.82, 2.24) is 40.4 Å². The van der Waals surface area contributed by atoms with Crippen LogP contribution >= 0.6 is 12.2 Å². The van der Waals surface area contributed by atoms with E-state index in [4.69, 9.17) is 42.4 Å². The molecule has 35 heteroatoms. The van der Waals surface area contributed by atoms with Crippen LogP contribution in [0.4, 0.5) is 51.7 Å². The third-order valence-corrected chi connectivity index (χ3v) is 11.9. The summed E-state index contributed by atoms with van der Waals surface area (Å²) >= 11 is 5.04. The van der Waals surface area contributed by atoms with Crippen molar-refractivity contribution in [2.75, 3.05) is 16.4 Å². The van der Waals surface area contributed by atoms with Gasteiger partial charge >= 0.3 is 0 Å². The van der Waals surface area contributed by atoms with Gasteiger partial charge in [0.05, 0.1) is 44.3 Å². The van der Waals surface area contributed by atoms with E-state index in [0.29, 0.717) is 28.0 Å². The number of nitro benzene ring substituents is 3. The van der Waals surface area contributed by atoms with E-state index in [1.54, 1.807) is 47.6 Å². The molecule has 0 bridgehead atoms. The summed E-state index contributed by atoms with van der Waals surface area (Å²) in [4.78, 5) is 44.4. The first-order valence-corrected chi connectivity index (χ1v) is 26.0. The van der Waals surface area contributed by atoms with Crippen molar-refractivity contribution < 1.29 is 77.9 Å². The first-order valence-electron chi connectivity index (χ1n) is 22.1. The number of nitro groups is 3. The molecule has 4 aliphatic heterocycles. The average Bonchev–Trinajstić information content (AvgIpc) is 4.02. The minimum Gasteiger partial charge on any atom is -0.475 e. The van der Waals surface area contributed by atoms with E-state index in [1.165, 1.54) is 41.4 Å². The van der Waals surface area contributed by atoms with E-state index >= 15 is 0 Å². The Labute approximate surface area is 466 Å². The molecule has 0 spiro atoms. The van der Waals surface area contributed by atoms with Gasteiger partial charge in [0.1, 0.15) is 24.6 Å². The monoisotopic (exact) mass is 1230 g/mol. The Morgan fingerprint density at radius 3 is 1.42 bits per heavy atom. The van der Waals surface area contributed by atoms with Crippen LogP contribution in [0.3, 0.4) is 0 Å². The minimum atomic E-state index is -1.45. The summed E-state index contributed by atoms with van der Waals surface area (Å²) in [7, 11) is -1.45. The van der Waals surface area contributed by atoms with E-state index < -0.39 is 80.3 Å². The average molecular weight is 1240 g/mol. The molecule has 4 N–H and O–H groups in total. The van der Waals surface area contributed by atoms with Gasteiger partial charge in [0.2, 0.25) is 0 Å². The summed E-state index contributed by atoms with van der Waals surface area (Å²) in [5, 5.41) is 59.3. The Morgan fingerprint density at radius 2 is 1.01 bits per heavy atom. The number of benzene rings is 4. The third kappa shape index (κ3) is 13.8. The van der Waals surface area contributed by atoms with E-state index in [0.717, 1.165) is 24.3 Å². The van der Waals surface area contributed by atoms with Gasteiger partial charge in [-0.2, -0.15) is 9.36 Å². The number of rotatable bonds is 4. The number of fused-ring (bicyclic) bond motifs is 8. The molecule has 426 valence electrons. The molecule has 0 saturated heterocycles. The predicted octanol–water partition coefficient (Wildman–Crippen LogP) is 9.66. The van der Waals surface area contributed by atoms with E-state index in [2.05, 4.69) is 51.4 Å². The Morgan fingerprint density at radius 1 is 0.646 bits per heavy atom. The molecular weight excluding hydrogens is 1190 g/mol. The number of ether oxygens (including phenoxy) is 4. The zero-order valence-corrected chi connectivity index (χ0v) is 47.1. The Balaban J connectivity index is 0.000000266. The fourth-order valence-corrected chi connectivity index (χ4v) is 7.30. The number of carbonyl (C=O) groups excluding carboxylic acids is 1. The van der Waals surface area contributed by atoms with Crippen LogP contribution in [-0.4, -0.2) is 85.5 Å². The summed E-state index contributed by atoms with van der Waals surface area (Å²) < 4.78 is 82.9. The molecule has 2 aromatic heterocycles. The van der Waals surface area contributed by atoms with E-state index in [9.17, 15) is 52.7 Å². The Hall–Kier alpha value is -8.51. The first-order chi connectivity index (χ1) is 35.6. The van der Waals surface area contributed by atoms with E-state index in [1.807, 2.05) is 19.6 Å². The smallest absolute Gasteiger partial charge is 0.274 e. The van der Waals surface area contributed by atoms with Gasteiger partial charge in [-0.15, -0.1) is 15.0 Å². The predicted molar refractivity (Wildman–Crippen MR) is 278 cm³/mol. The third-order valence-electron chi connectivity index (χ3n) is 10.6. The van der Waals surface area contributed by atoms with Crippen molar-refractivity contribution in [3.8, 4) is 34.4 Å². The SMILES string of the molecule is CC1(C)Oc2c(F)cc(N)cc2-n2nnnc21.CC1(C)Oc2c(F)cc([N+](=O)[O-])cc2-n2nnnc21.CC1(C)Oc2c(F)cc([N+](=O)[O-])cc2NC1=O.CC1(C)Oc2c(F)cc([N+](=O)[O-])cc2NC1=S.C[Si](C)(C)N=[N+]=[N-].[CH3-].[HH].[Pd]. The van der Waals surface area contributed by atoms with Crippen LogP contribution in [-0.2, 0) is 36.4 Å².